The summed E-state index contributed by atoms with van der Waals surface area (Å²) in [6.45, 7) is 5.52. The lowest BCUT2D eigenvalue weighted by molar-refractivity contribution is 0.340. The highest BCUT2D eigenvalue weighted by Crippen LogP contribution is 2.18. The van der Waals surface area contributed by atoms with Crippen LogP contribution in [-0.4, -0.2) is 40.4 Å². The Morgan fingerprint density at radius 3 is 2.81 bits per heavy atom. The maximum atomic E-state index is 4.39. The van der Waals surface area contributed by atoms with E-state index in [9.17, 15) is 0 Å². The molecular formula is C17H24N4. The third-order valence-electron chi connectivity index (χ3n) is 4.20. The van der Waals surface area contributed by atoms with E-state index in [1.165, 1.54) is 24.2 Å². The smallest absolute Gasteiger partial charge is 0.0825 e. The van der Waals surface area contributed by atoms with Crippen molar-refractivity contribution >= 4 is 5.69 Å². The van der Waals surface area contributed by atoms with Gasteiger partial charge in [-0.25, -0.2) is 0 Å². The van der Waals surface area contributed by atoms with Crippen molar-refractivity contribution in [1.29, 1.82) is 0 Å². The predicted octanol–water partition coefficient (Wildman–Crippen LogP) is 2.46. The third-order valence-corrected chi connectivity index (χ3v) is 4.20. The van der Waals surface area contributed by atoms with Crippen LogP contribution in [0.2, 0.25) is 0 Å². The summed E-state index contributed by atoms with van der Waals surface area (Å²) in [5.74, 6) is 0. The molecule has 112 valence electrons. The van der Waals surface area contributed by atoms with Crippen LogP contribution in [-0.2, 0) is 13.5 Å². The highest BCUT2D eigenvalue weighted by Gasteiger charge is 2.22. The summed E-state index contributed by atoms with van der Waals surface area (Å²) in [5.41, 5.74) is 3.68. The van der Waals surface area contributed by atoms with Crippen molar-refractivity contribution in [2.24, 2.45) is 7.05 Å². The Balaban J connectivity index is 1.48. The van der Waals surface area contributed by atoms with Gasteiger partial charge < -0.3 is 10.2 Å². The Labute approximate surface area is 126 Å². The Hall–Kier alpha value is -1.81. The number of likely N-dealkylation sites (tertiary alicyclic amines) is 1. The summed E-state index contributed by atoms with van der Waals surface area (Å²) >= 11 is 0. The molecule has 2 aromatic rings. The topological polar surface area (TPSA) is 33.1 Å². The van der Waals surface area contributed by atoms with E-state index in [0.29, 0.717) is 6.04 Å². The highest BCUT2D eigenvalue weighted by atomic mass is 15.3. The van der Waals surface area contributed by atoms with Gasteiger partial charge in [0.15, 0.2) is 0 Å². The van der Waals surface area contributed by atoms with Crippen molar-refractivity contribution in [3.05, 3.63) is 47.8 Å². The van der Waals surface area contributed by atoms with E-state index in [-0.39, 0.29) is 0 Å². The van der Waals surface area contributed by atoms with E-state index in [0.717, 1.165) is 25.2 Å². The average Bonchev–Trinajstić information content (AvgIpc) is 3.05. The van der Waals surface area contributed by atoms with Gasteiger partial charge in [-0.1, -0.05) is 30.3 Å². The molecule has 1 atom stereocenters. The second kappa shape index (κ2) is 6.31. The molecule has 21 heavy (non-hydrogen) atoms. The lowest BCUT2D eigenvalue weighted by Crippen LogP contribution is -2.27. The van der Waals surface area contributed by atoms with Crippen LogP contribution in [0.15, 0.2) is 36.5 Å². The molecule has 1 aliphatic heterocycles. The van der Waals surface area contributed by atoms with E-state index in [1.807, 2.05) is 11.7 Å². The standard InChI is InChI=1S/C17H24N4/c1-14-17(13-20(2)19-14)18-16-9-11-21(12-16)10-8-15-6-4-3-5-7-15/h3-7,13,16,18H,8-12H2,1-2H3. The average molecular weight is 284 g/mol. The quantitative estimate of drug-likeness (QED) is 0.915. The van der Waals surface area contributed by atoms with Crippen LogP contribution in [0.1, 0.15) is 17.7 Å². The molecule has 0 bridgehead atoms. The van der Waals surface area contributed by atoms with Gasteiger partial charge in [-0.05, 0) is 25.3 Å². The van der Waals surface area contributed by atoms with Crippen LogP contribution in [0.25, 0.3) is 0 Å². The fourth-order valence-corrected chi connectivity index (χ4v) is 3.05. The molecule has 1 unspecified atom stereocenters. The summed E-state index contributed by atoms with van der Waals surface area (Å²) in [6.07, 6.45) is 4.42. The highest BCUT2D eigenvalue weighted by molar-refractivity contribution is 5.46. The molecule has 1 aliphatic rings. The number of aromatic nitrogens is 2. The zero-order chi connectivity index (χ0) is 14.7. The molecule has 0 radical (unpaired) electrons. The summed E-state index contributed by atoms with van der Waals surface area (Å²) in [7, 11) is 1.97. The molecule has 1 saturated heterocycles. The van der Waals surface area contributed by atoms with E-state index in [1.54, 1.807) is 0 Å². The number of aryl methyl sites for hydroxylation is 2. The lowest BCUT2D eigenvalue weighted by atomic mass is 10.1. The predicted molar refractivity (Wildman–Crippen MR) is 86.6 cm³/mol. The molecule has 1 fully saturated rings. The molecule has 1 N–H and O–H groups in total. The summed E-state index contributed by atoms with van der Waals surface area (Å²) < 4.78 is 1.87. The van der Waals surface area contributed by atoms with Gasteiger partial charge in [0.1, 0.15) is 0 Å². The molecule has 3 rings (SSSR count). The molecule has 1 aromatic carbocycles. The van der Waals surface area contributed by atoms with Gasteiger partial charge in [-0.3, -0.25) is 4.68 Å². The number of nitrogens with zero attached hydrogens (tertiary/aromatic N) is 3. The van der Waals surface area contributed by atoms with Crippen molar-refractivity contribution < 1.29 is 0 Å². The van der Waals surface area contributed by atoms with Crippen LogP contribution in [0.4, 0.5) is 5.69 Å². The van der Waals surface area contributed by atoms with Crippen LogP contribution >= 0.6 is 0 Å². The number of hydrogen-bond donors (Lipinski definition) is 1. The third kappa shape index (κ3) is 3.64. The first kappa shape index (κ1) is 14.1. The molecule has 0 spiro atoms. The van der Waals surface area contributed by atoms with Crippen LogP contribution < -0.4 is 5.32 Å². The number of rotatable bonds is 5. The first-order chi connectivity index (χ1) is 10.2. The van der Waals surface area contributed by atoms with E-state index in [2.05, 4.69) is 58.8 Å². The van der Waals surface area contributed by atoms with Gasteiger partial charge in [0, 0.05) is 38.9 Å². The van der Waals surface area contributed by atoms with Gasteiger partial charge in [0.25, 0.3) is 0 Å². The van der Waals surface area contributed by atoms with Crippen molar-refractivity contribution in [3.8, 4) is 0 Å². The molecule has 0 amide bonds. The van der Waals surface area contributed by atoms with Crippen LogP contribution in [0.5, 0.6) is 0 Å². The van der Waals surface area contributed by atoms with Crippen molar-refractivity contribution in [1.82, 2.24) is 14.7 Å². The summed E-state index contributed by atoms with van der Waals surface area (Å²) in [4.78, 5) is 2.55. The minimum absolute atomic E-state index is 0.545. The zero-order valence-corrected chi connectivity index (χ0v) is 12.9. The van der Waals surface area contributed by atoms with E-state index < -0.39 is 0 Å². The normalized spacial score (nSPS) is 19.0. The monoisotopic (exact) mass is 284 g/mol. The SMILES string of the molecule is Cc1nn(C)cc1NC1CCN(CCc2ccccc2)C1. The van der Waals surface area contributed by atoms with Gasteiger partial charge in [-0.2, -0.15) is 5.10 Å². The van der Waals surface area contributed by atoms with Crippen molar-refractivity contribution in [3.63, 3.8) is 0 Å². The van der Waals surface area contributed by atoms with Gasteiger partial charge in [-0.15, -0.1) is 0 Å². The van der Waals surface area contributed by atoms with Crippen molar-refractivity contribution in [2.75, 3.05) is 25.0 Å². The molecule has 2 heterocycles. The maximum Gasteiger partial charge on any atom is 0.0825 e. The number of nitrogens with one attached hydrogen (secondary N) is 1. The Kier molecular flexibility index (Phi) is 4.25. The molecule has 0 aliphatic carbocycles. The lowest BCUT2D eigenvalue weighted by Gasteiger charge is -2.17. The largest absolute Gasteiger partial charge is 0.378 e. The minimum Gasteiger partial charge on any atom is -0.378 e. The van der Waals surface area contributed by atoms with E-state index in [4.69, 9.17) is 0 Å². The fourth-order valence-electron chi connectivity index (χ4n) is 3.05. The first-order valence-electron chi connectivity index (χ1n) is 7.74. The number of benzene rings is 1. The number of hydrogen-bond acceptors (Lipinski definition) is 3. The zero-order valence-electron chi connectivity index (χ0n) is 12.9. The molecule has 1 aromatic heterocycles. The molecule has 4 heteroatoms. The second-order valence-electron chi connectivity index (χ2n) is 5.97. The van der Waals surface area contributed by atoms with Gasteiger partial charge >= 0.3 is 0 Å². The Morgan fingerprint density at radius 1 is 1.29 bits per heavy atom. The first-order valence-corrected chi connectivity index (χ1v) is 7.74. The van der Waals surface area contributed by atoms with Gasteiger partial charge in [0.2, 0.25) is 0 Å². The fraction of sp³-hybridized carbons (Fsp3) is 0.471. The summed E-state index contributed by atoms with van der Waals surface area (Å²) in [6, 6.07) is 11.3. The second-order valence-corrected chi connectivity index (χ2v) is 5.97. The summed E-state index contributed by atoms with van der Waals surface area (Å²) in [5, 5.41) is 8.02. The van der Waals surface area contributed by atoms with Crippen molar-refractivity contribution in [2.45, 2.75) is 25.8 Å². The van der Waals surface area contributed by atoms with Gasteiger partial charge in [0.05, 0.1) is 11.4 Å². The maximum absolute atomic E-state index is 4.39. The molecule has 0 saturated carbocycles. The Bertz CT molecular complexity index is 576. The van der Waals surface area contributed by atoms with Crippen LogP contribution in [0.3, 0.4) is 0 Å². The number of anilines is 1. The van der Waals surface area contributed by atoms with Crippen LogP contribution in [0, 0.1) is 6.92 Å². The van der Waals surface area contributed by atoms with E-state index >= 15 is 0 Å². The molecule has 4 nitrogen and oxygen atoms in total. The molecular weight excluding hydrogens is 260 g/mol. The Morgan fingerprint density at radius 2 is 2.10 bits per heavy atom. The minimum atomic E-state index is 0.545.